The van der Waals surface area contributed by atoms with Gasteiger partial charge in [0.2, 0.25) is 0 Å². The van der Waals surface area contributed by atoms with Crippen LogP contribution in [0, 0.1) is 7.43 Å². The van der Waals surface area contributed by atoms with E-state index in [9.17, 15) is 0 Å². The summed E-state index contributed by atoms with van der Waals surface area (Å²) in [5.41, 5.74) is 0. The van der Waals surface area contributed by atoms with Crippen molar-refractivity contribution in [3.05, 3.63) is 117 Å². The molecule has 0 unspecified atom stereocenters. The molecule has 0 fully saturated rings. The molecule has 4 heteroatoms. The molecule has 0 aliphatic carbocycles. The number of hydrogen-bond acceptors (Lipinski definition) is 0. The quantitative estimate of drug-likeness (QED) is 0.138. The van der Waals surface area contributed by atoms with Gasteiger partial charge in [0.05, 0.1) is 0 Å². The second kappa shape index (κ2) is 20.2. The molecule has 6 aromatic carbocycles. The van der Waals surface area contributed by atoms with Crippen LogP contribution in [0.3, 0.4) is 0 Å². The number of unbranched alkanes of at least 4 members (excludes halogenated alkanes) is 5. The van der Waals surface area contributed by atoms with Crippen LogP contribution in [0.4, 0.5) is 0 Å². The van der Waals surface area contributed by atoms with Gasteiger partial charge in [0.1, 0.15) is 0 Å². The summed E-state index contributed by atoms with van der Waals surface area (Å²) in [5, 5.41) is 10.8. The normalized spacial score (nSPS) is 9.69. The van der Waals surface area contributed by atoms with E-state index in [1.165, 1.54) is 87.7 Å². The predicted octanol–water partition coefficient (Wildman–Crippen LogP) is 4.81. The molecule has 0 nitrogen and oxygen atoms in total. The first-order valence-electron chi connectivity index (χ1n) is 13.0. The first-order chi connectivity index (χ1) is 17.3. The first-order valence-corrected chi connectivity index (χ1v) is 13.7. The van der Waals surface area contributed by atoms with Gasteiger partial charge in [-0.25, -0.2) is 0 Å². The maximum absolute atomic E-state index is 3.46. The van der Waals surface area contributed by atoms with E-state index >= 15 is 0 Å². The zero-order chi connectivity index (χ0) is 24.3. The van der Waals surface area contributed by atoms with E-state index in [2.05, 4.69) is 126 Å². The molecule has 0 bridgehead atoms. The van der Waals surface area contributed by atoms with Gasteiger partial charge >= 0.3 is 26.2 Å². The molecule has 0 heterocycles. The zero-order valence-electron chi connectivity index (χ0n) is 23.1. The molecule has 0 atom stereocenters. The molecule has 0 saturated heterocycles. The van der Waals surface area contributed by atoms with E-state index in [4.69, 9.17) is 0 Å². The van der Waals surface area contributed by atoms with Crippen LogP contribution in [-0.4, -0.2) is 10.2 Å². The second-order valence-corrected chi connectivity index (χ2v) is 9.66. The summed E-state index contributed by atoms with van der Waals surface area (Å²) in [7, 11) is 3.46. The van der Waals surface area contributed by atoms with Crippen LogP contribution < -0.4 is 24.8 Å². The molecule has 39 heavy (non-hydrogen) atoms. The Morgan fingerprint density at radius 1 is 0.487 bits per heavy atom. The van der Waals surface area contributed by atoms with Crippen LogP contribution in [0.5, 0.6) is 0 Å². The molecule has 0 amide bonds. The fourth-order valence-electron chi connectivity index (χ4n) is 4.71. The van der Waals surface area contributed by atoms with Crippen molar-refractivity contribution in [1.82, 2.24) is 0 Å². The van der Waals surface area contributed by atoms with Gasteiger partial charge in [-0.1, -0.05) is 124 Å². The van der Waals surface area contributed by atoms with E-state index in [0.717, 1.165) is 0 Å². The van der Waals surface area contributed by atoms with Gasteiger partial charge in [0.25, 0.3) is 0 Å². The molecule has 0 saturated carbocycles. The van der Waals surface area contributed by atoms with Crippen LogP contribution in [0.2, 0.25) is 6.04 Å². The summed E-state index contributed by atoms with van der Waals surface area (Å²) in [4.78, 5) is 0. The third-order valence-electron chi connectivity index (χ3n) is 6.58. The first kappa shape index (κ1) is 37.3. The summed E-state index contributed by atoms with van der Waals surface area (Å²) < 4.78 is 0. The molecule has 0 aromatic heterocycles. The molecule has 202 valence electrons. The molecule has 4 radical (unpaired) electrons. The van der Waals surface area contributed by atoms with Gasteiger partial charge in [-0.05, 0) is 0 Å². The summed E-state index contributed by atoms with van der Waals surface area (Å²) >= 11 is 0. The van der Waals surface area contributed by atoms with Crippen LogP contribution in [-0.2, 0) is 26.2 Å². The largest absolute Gasteiger partial charge is 3.00 e. The Hall–Kier alpha value is -1.70. The molecule has 0 aliphatic rings. The van der Waals surface area contributed by atoms with Crippen molar-refractivity contribution >= 4 is 53.3 Å². The van der Waals surface area contributed by atoms with E-state index in [0.29, 0.717) is 0 Å². The van der Waals surface area contributed by atoms with Crippen molar-refractivity contribution in [2.75, 3.05) is 0 Å². The van der Waals surface area contributed by atoms with Crippen molar-refractivity contribution < 1.29 is 51.0 Å². The second-order valence-electron chi connectivity index (χ2n) is 9.16. The standard InChI is InChI=1S/2C13H9.C8H17Si.CH3.2ClH.Zr/c2*1-3-7-12-10(5-1)9-11-6-2-4-8-13(11)12;1-2-3-4-5-6-7-8-9;;;;/h2*1-9H;2-8H2,1H3;1H3;2*1H;/q2*-1;;-1;;;+3/p-2. The van der Waals surface area contributed by atoms with E-state index < -0.39 is 0 Å². The van der Waals surface area contributed by atoms with Crippen molar-refractivity contribution in [3.63, 3.8) is 0 Å². The molecule has 0 N–H and O–H groups in total. The van der Waals surface area contributed by atoms with Gasteiger partial charge < -0.3 is 32.2 Å². The Balaban J connectivity index is 0.000000540. The maximum Gasteiger partial charge on any atom is 3.00 e. The minimum absolute atomic E-state index is 0. The number of benzene rings is 4. The molecular weight excluding hydrogens is 611 g/mol. The maximum atomic E-state index is 3.46. The van der Waals surface area contributed by atoms with Gasteiger partial charge in [-0.2, -0.15) is 0 Å². The van der Waals surface area contributed by atoms with Crippen LogP contribution in [0.1, 0.15) is 45.4 Å². The molecule has 6 aromatic rings. The van der Waals surface area contributed by atoms with E-state index in [1.807, 2.05) is 0 Å². The number of rotatable bonds is 6. The summed E-state index contributed by atoms with van der Waals surface area (Å²) in [5.74, 6) is 0. The van der Waals surface area contributed by atoms with Crippen molar-refractivity contribution in [2.45, 2.75) is 51.5 Å². The average Bonchev–Trinajstić information content (AvgIpc) is 3.48. The SMILES string of the molecule is CCCCCCCC[Si].[CH3-].[Cl-].[Cl-].[Zr+3].c1ccc2c(c1)[cH-]c1ccccc12.c1ccc2c(c1)[cH-]c1ccccc12. The van der Waals surface area contributed by atoms with Gasteiger partial charge in [-0.3, -0.25) is 0 Å². The number of hydrogen-bond donors (Lipinski definition) is 0. The Bertz CT molecular complexity index is 1250. The summed E-state index contributed by atoms with van der Waals surface area (Å²) in [6.45, 7) is 2.25. The third-order valence-corrected chi connectivity index (χ3v) is 6.93. The van der Waals surface area contributed by atoms with Crippen LogP contribution in [0.15, 0.2) is 109 Å². The van der Waals surface area contributed by atoms with Crippen molar-refractivity contribution in [1.29, 1.82) is 0 Å². The fraction of sp³-hybridized carbons (Fsp3) is 0.229. The molecule has 0 spiro atoms. The summed E-state index contributed by atoms with van der Waals surface area (Å²) in [6.07, 6.45) is 8.39. The molecule has 0 aliphatic heterocycles. The average molecular weight is 649 g/mol. The number of fused-ring (bicyclic) bond motifs is 6. The number of halogens is 2. The summed E-state index contributed by atoms with van der Waals surface area (Å²) in [6, 6.07) is 39.7. The van der Waals surface area contributed by atoms with Crippen molar-refractivity contribution in [3.8, 4) is 0 Å². The van der Waals surface area contributed by atoms with E-state index in [1.54, 1.807) is 0 Å². The molecule has 6 rings (SSSR count). The van der Waals surface area contributed by atoms with Gasteiger partial charge in [0.15, 0.2) is 0 Å². The van der Waals surface area contributed by atoms with Crippen molar-refractivity contribution in [2.24, 2.45) is 0 Å². The van der Waals surface area contributed by atoms with E-state index in [-0.39, 0.29) is 58.4 Å². The fourth-order valence-corrected chi connectivity index (χ4v) is 4.96. The molecular formula is C35H38Cl2SiZr-2. The topological polar surface area (TPSA) is 0 Å². The minimum Gasteiger partial charge on any atom is -1.00 e. The van der Waals surface area contributed by atoms with Gasteiger partial charge in [-0.15, -0.1) is 79.5 Å². The minimum atomic E-state index is 0. The van der Waals surface area contributed by atoms with Crippen LogP contribution in [0.25, 0.3) is 43.1 Å². The third kappa shape index (κ3) is 10.3. The Morgan fingerprint density at radius 2 is 0.769 bits per heavy atom. The van der Waals surface area contributed by atoms with Crippen LogP contribution >= 0.6 is 0 Å². The monoisotopic (exact) mass is 646 g/mol. The Kier molecular flexibility index (Phi) is 19.3. The predicted molar refractivity (Wildman–Crippen MR) is 164 cm³/mol. The Morgan fingerprint density at radius 3 is 1.08 bits per heavy atom. The zero-order valence-corrected chi connectivity index (χ0v) is 28.1. The van der Waals surface area contributed by atoms with Gasteiger partial charge in [0, 0.05) is 10.2 Å². The smallest absolute Gasteiger partial charge is 1.00 e. The Labute approximate surface area is 270 Å².